The smallest absolute Gasteiger partial charge is 0.337 e. The molecule has 2 rings (SSSR count). The van der Waals surface area contributed by atoms with Crippen LogP contribution in [0.4, 0.5) is 5.69 Å². The van der Waals surface area contributed by atoms with Crippen LogP contribution in [0, 0.1) is 0 Å². The van der Waals surface area contributed by atoms with Crippen molar-refractivity contribution in [2.45, 2.75) is 5.16 Å². The highest BCUT2D eigenvalue weighted by atomic mass is 32.2. The maximum atomic E-state index is 11.8. The predicted octanol–water partition coefficient (Wildman–Crippen LogP) is 1.29. The van der Waals surface area contributed by atoms with E-state index in [1.54, 1.807) is 24.3 Å². The number of amides is 1. The number of ether oxygens (including phenoxy) is 1. The Hall–Kier alpha value is -2.61. The third kappa shape index (κ3) is 4.45. The molecule has 2 N–H and O–H groups in total. The lowest BCUT2D eigenvalue weighted by atomic mass is 10.2. The van der Waals surface area contributed by atoms with Crippen LogP contribution >= 0.6 is 11.8 Å². The molecule has 22 heavy (non-hydrogen) atoms. The van der Waals surface area contributed by atoms with Crippen LogP contribution in [-0.2, 0) is 9.53 Å². The van der Waals surface area contributed by atoms with Gasteiger partial charge in [-0.05, 0) is 24.3 Å². The Morgan fingerprint density at radius 2 is 2.00 bits per heavy atom. The fourth-order valence-electron chi connectivity index (χ4n) is 1.56. The van der Waals surface area contributed by atoms with Crippen LogP contribution in [0.25, 0.3) is 0 Å². The molecule has 0 unspecified atom stereocenters. The highest BCUT2D eigenvalue weighted by Crippen LogP contribution is 2.13. The number of rotatable bonds is 5. The van der Waals surface area contributed by atoms with Gasteiger partial charge in [0.25, 0.3) is 5.56 Å². The summed E-state index contributed by atoms with van der Waals surface area (Å²) < 4.78 is 4.59. The molecule has 1 heterocycles. The van der Waals surface area contributed by atoms with Crippen LogP contribution in [0.2, 0.25) is 0 Å². The monoisotopic (exact) mass is 319 g/mol. The SMILES string of the molecule is COC(=O)c1ccc(NC(=O)CSc2nccc(=O)[nH]2)cc1. The molecule has 2 aromatic rings. The van der Waals surface area contributed by atoms with Gasteiger partial charge in [0.05, 0.1) is 18.4 Å². The molecule has 0 bridgehead atoms. The zero-order chi connectivity index (χ0) is 15.9. The fraction of sp³-hybridized carbons (Fsp3) is 0.143. The van der Waals surface area contributed by atoms with Crippen molar-refractivity contribution >= 4 is 29.3 Å². The van der Waals surface area contributed by atoms with E-state index in [2.05, 4.69) is 20.0 Å². The van der Waals surface area contributed by atoms with Crippen molar-refractivity contribution in [2.75, 3.05) is 18.2 Å². The second-order valence-corrected chi connectivity index (χ2v) is 5.11. The lowest BCUT2D eigenvalue weighted by Gasteiger charge is -2.05. The second-order valence-electron chi connectivity index (χ2n) is 4.15. The number of nitrogens with one attached hydrogen (secondary N) is 2. The van der Waals surface area contributed by atoms with Gasteiger partial charge >= 0.3 is 5.97 Å². The number of anilines is 1. The molecule has 0 saturated heterocycles. The zero-order valence-corrected chi connectivity index (χ0v) is 12.5. The standard InChI is InChI=1S/C14H13N3O4S/c1-21-13(20)9-2-4-10(5-3-9)16-12(19)8-22-14-15-7-6-11(18)17-14/h2-7H,8H2,1H3,(H,16,19)(H,15,17,18). The highest BCUT2D eigenvalue weighted by molar-refractivity contribution is 7.99. The summed E-state index contributed by atoms with van der Waals surface area (Å²) in [6, 6.07) is 7.64. The van der Waals surface area contributed by atoms with Gasteiger partial charge in [-0.2, -0.15) is 0 Å². The molecule has 0 aliphatic heterocycles. The molecular weight excluding hydrogens is 306 g/mol. The van der Waals surface area contributed by atoms with Crippen molar-refractivity contribution in [1.82, 2.24) is 9.97 Å². The number of hydrogen-bond acceptors (Lipinski definition) is 6. The van der Waals surface area contributed by atoms with E-state index in [4.69, 9.17) is 0 Å². The molecular formula is C14H13N3O4S. The molecule has 0 aliphatic rings. The number of methoxy groups -OCH3 is 1. The van der Waals surface area contributed by atoms with E-state index in [0.717, 1.165) is 11.8 Å². The number of H-pyrrole nitrogens is 1. The molecule has 0 aliphatic carbocycles. The summed E-state index contributed by atoms with van der Waals surface area (Å²) in [5.74, 6) is -0.582. The highest BCUT2D eigenvalue weighted by Gasteiger charge is 2.07. The number of carbonyl (C=O) groups is 2. The Bertz CT molecular complexity index is 727. The van der Waals surface area contributed by atoms with E-state index in [9.17, 15) is 14.4 Å². The van der Waals surface area contributed by atoms with Crippen LogP contribution in [0.5, 0.6) is 0 Å². The Morgan fingerprint density at radius 3 is 2.64 bits per heavy atom. The second kappa shape index (κ2) is 7.41. The average molecular weight is 319 g/mol. The van der Waals surface area contributed by atoms with Gasteiger partial charge in [-0.1, -0.05) is 11.8 Å². The predicted molar refractivity (Wildman–Crippen MR) is 82.0 cm³/mol. The van der Waals surface area contributed by atoms with Gasteiger partial charge in [0, 0.05) is 18.0 Å². The minimum atomic E-state index is -0.437. The number of esters is 1. The molecule has 1 amide bonds. The maximum absolute atomic E-state index is 11.8. The molecule has 114 valence electrons. The number of nitrogens with zero attached hydrogens (tertiary/aromatic N) is 1. The number of aromatic nitrogens is 2. The summed E-state index contributed by atoms with van der Waals surface area (Å²) in [6.45, 7) is 0. The largest absolute Gasteiger partial charge is 0.465 e. The van der Waals surface area contributed by atoms with Crippen molar-refractivity contribution in [3.63, 3.8) is 0 Å². The number of benzene rings is 1. The first-order valence-electron chi connectivity index (χ1n) is 6.25. The van der Waals surface area contributed by atoms with Gasteiger partial charge in [0.2, 0.25) is 5.91 Å². The number of aromatic amines is 1. The summed E-state index contributed by atoms with van der Waals surface area (Å²) in [4.78, 5) is 40.6. The molecule has 0 saturated carbocycles. The van der Waals surface area contributed by atoms with Gasteiger partial charge in [0.15, 0.2) is 5.16 Å². The van der Waals surface area contributed by atoms with Crippen molar-refractivity contribution in [1.29, 1.82) is 0 Å². The molecule has 0 radical (unpaired) electrons. The van der Waals surface area contributed by atoms with Gasteiger partial charge in [-0.15, -0.1) is 0 Å². The molecule has 0 spiro atoms. The van der Waals surface area contributed by atoms with Crippen LogP contribution in [-0.4, -0.2) is 34.7 Å². The molecule has 1 aromatic heterocycles. The third-order valence-electron chi connectivity index (χ3n) is 2.58. The molecule has 0 atom stereocenters. The fourth-order valence-corrected chi connectivity index (χ4v) is 2.21. The Morgan fingerprint density at radius 1 is 1.27 bits per heavy atom. The minimum absolute atomic E-state index is 0.103. The van der Waals surface area contributed by atoms with Crippen LogP contribution < -0.4 is 10.9 Å². The van der Waals surface area contributed by atoms with Crippen molar-refractivity contribution in [2.24, 2.45) is 0 Å². The van der Waals surface area contributed by atoms with E-state index in [-0.39, 0.29) is 17.2 Å². The molecule has 1 aromatic carbocycles. The van der Waals surface area contributed by atoms with E-state index >= 15 is 0 Å². The van der Waals surface area contributed by atoms with Gasteiger partial charge in [0.1, 0.15) is 0 Å². The van der Waals surface area contributed by atoms with E-state index in [0.29, 0.717) is 16.4 Å². The Labute approximate surface area is 130 Å². The Balaban J connectivity index is 1.89. The summed E-state index contributed by atoms with van der Waals surface area (Å²) in [5.41, 5.74) is 0.699. The summed E-state index contributed by atoms with van der Waals surface area (Å²) in [7, 11) is 1.30. The maximum Gasteiger partial charge on any atom is 0.337 e. The van der Waals surface area contributed by atoms with Crippen molar-refractivity contribution in [3.8, 4) is 0 Å². The number of hydrogen-bond donors (Lipinski definition) is 2. The minimum Gasteiger partial charge on any atom is -0.465 e. The lowest BCUT2D eigenvalue weighted by Crippen LogP contribution is -2.15. The van der Waals surface area contributed by atoms with E-state index in [1.165, 1.54) is 19.4 Å². The zero-order valence-electron chi connectivity index (χ0n) is 11.7. The van der Waals surface area contributed by atoms with Gasteiger partial charge < -0.3 is 15.0 Å². The summed E-state index contributed by atoms with van der Waals surface area (Å²) in [6.07, 6.45) is 1.38. The Kier molecular flexibility index (Phi) is 5.31. The van der Waals surface area contributed by atoms with Gasteiger partial charge in [-0.25, -0.2) is 9.78 Å². The first kappa shape index (κ1) is 15.8. The van der Waals surface area contributed by atoms with E-state index < -0.39 is 5.97 Å². The van der Waals surface area contributed by atoms with Crippen molar-refractivity contribution in [3.05, 3.63) is 52.4 Å². The van der Waals surface area contributed by atoms with Crippen molar-refractivity contribution < 1.29 is 14.3 Å². The average Bonchev–Trinajstić information content (AvgIpc) is 2.53. The normalized spacial score (nSPS) is 10.0. The lowest BCUT2D eigenvalue weighted by molar-refractivity contribution is -0.113. The molecule has 0 fully saturated rings. The quantitative estimate of drug-likeness (QED) is 0.489. The molecule has 7 nitrogen and oxygen atoms in total. The first-order valence-corrected chi connectivity index (χ1v) is 7.23. The van der Waals surface area contributed by atoms with Crippen LogP contribution in [0.1, 0.15) is 10.4 Å². The topological polar surface area (TPSA) is 101 Å². The van der Waals surface area contributed by atoms with Gasteiger partial charge in [-0.3, -0.25) is 9.59 Å². The number of thioether (sulfide) groups is 1. The van der Waals surface area contributed by atoms with Crippen LogP contribution in [0.15, 0.2) is 46.5 Å². The summed E-state index contributed by atoms with van der Waals surface area (Å²) in [5, 5.41) is 3.06. The first-order chi connectivity index (χ1) is 10.6. The number of carbonyl (C=O) groups excluding carboxylic acids is 2. The summed E-state index contributed by atoms with van der Waals surface area (Å²) >= 11 is 1.12. The van der Waals surface area contributed by atoms with E-state index in [1.807, 2.05) is 0 Å². The third-order valence-corrected chi connectivity index (χ3v) is 3.47. The van der Waals surface area contributed by atoms with Crippen LogP contribution in [0.3, 0.4) is 0 Å². The molecule has 8 heteroatoms.